The molecule has 0 bridgehead atoms. The smallest absolute Gasteiger partial charge is 0.408 e. The summed E-state index contributed by atoms with van der Waals surface area (Å²) >= 11 is 0. The van der Waals surface area contributed by atoms with Crippen molar-refractivity contribution in [1.29, 1.82) is 0 Å². The summed E-state index contributed by atoms with van der Waals surface area (Å²) in [6.45, 7) is 2.12. The topological polar surface area (TPSA) is 93.3 Å². The molecule has 2 aromatic heterocycles. The number of carbonyl (C=O) groups excluding carboxylic acids is 1. The monoisotopic (exact) mass is 341 g/mol. The Hall–Kier alpha value is -3.16. The first-order valence-corrected chi connectivity index (χ1v) is 7.84. The number of nitrogens with one attached hydrogen (secondary N) is 1. The van der Waals surface area contributed by atoms with Gasteiger partial charge in [-0.05, 0) is 19.1 Å². The van der Waals surface area contributed by atoms with Crippen LogP contribution >= 0.6 is 0 Å². The molecule has 1 amide bonds. The van der Waals surface area contributed by atoms with Crippen LogP contribution in [0.4, 0.5) is 5.95 Å². The second-order valence-corrected chi connectivity index (χ2v) is 5.99. The molecule has 1 N–H and O–H groups in total. The Kier molecular flexibility index (Phi) is 4.51. The summed E-state index contributed by atoms with van der Waals surface area (Å²) in [5.74, 6) is -0.208. The van der Waals surface area contributed by atoms with E-state index in [0.29, 0.717) is 29.2 Å². The maximum atomic E-state index is 12.3. The van der Waals surface area contributed by atoms with Crippen LogP contribution in [-0.4, -0.2) is 40.6 Å². The lowest BCUT2D eigenvalue weighted by atomic mass is 10.2. The van der Waals surface area contributed by atoms with Gasteiger partial charge in [0.05, 0.1) is 11.1 Å². The van der Waals surface area contributed by atoms with E-state index < -0.39 is 5.76 Å². The van der Waals surface area contributed by atoms with E-state index in [-0.39, 0.29) is 11.9 Å². The largest absolute Gasteiger partial charge is 0.420 e. The van der Waals surface area contributed by atoms with Gasteiger partial charge in [0, 0.05) is 39.1 Å². The maximum Gasteiger partial charge on any atom is 0.420 e. The zero-order chi connectivity index (χ0) is 18.0. The number of fused-ring (bicyclic) bond motifs is 1. The van der Waals surface area contributed by atoms with Crippen LogP contribution in [0.5, 0.6) is 0 Å². The maximum absolute atomic E-state index is 12.3. The van der Waals surface area contributed by atoms with Crippen molar-refractivity contribution in [3.05, 3.63) is 52.8 Å². The second kappa shape index (κ2) is 6.76. The zero-order valence-corrected chi connectivity index (χ0v) is 14.3. The zero-order valence-electron chi connectivity index (χ0n) is 14.3. The fraction of sp³-hybridized carbons (Fsp3) is 0.294. The van der Waals surface area contributed by atoms with E-state index in [9.17, 15) is 9.59 Å². The number of oxazole rings is 1. The van der Waals surface area contributed by atoms with Crippen molar-refractivity contribution in [3.8, 4) is 0 Å². The summed E-state index contributed by atoms with van der Waals surface area (Å²) in [6, 6.07) is 6.90. The van der Waals surface area contributed by atoms with Gasteiger partial charge >= 0.3 is 5.76 Å². The van der Waals surface area contributed by atoms with E-state index in [0.717, 1.165) is 0 Å². The molecule has 0 unspecified atom stereocenters. The normalized spacial score (nSPS) is 12.1. The van der Waals surface area contributed by atoms with Gasteiger partial charge in [-0.3, -0.25) is 9.36 Å². The number of aromatic nitrogens is 3. The molecule has 0 spiro atoms. The number of para-hydroxylation sites is 2. The molecule has 130 valence electrons. The molecule has 25 heavy (non-hydrogen) atoms. The quantitative estimate of drug-likeness (QED) is 0.751. The van der Waals surface area contributed by atoms with Gasteiger partial charge in [-0.15, -0.1) is 0 Å². The van der Waals surface area contributed by atoms with Gasteiger partial charge < -0.3 is 14.6 Å². The number of hydrogen-bond acceptors (Lipinski definition) is 6. The minimum absolute atomic E-state index is 0.278. The highest BCUT2D eigenvalue weighted by atomic mass is 16.4. The van der Waals surface area contributed by atoms with Crippen LogP contribution in [-0.2, 0) is 6.54 Å². The molecule has 1 atom stereocenters. The summed E-state index contributed by atoms with van der Waals surface area (Å²) in [5.41, 5.74) is 1.59. The molecule has 8 nitrogen and oxygen atoms in total. The Bertz CT molecular complexity index is 943. The summed E-state index contributed by atoms with van der Waals surface area (Å²) in [6.07, 6.45) is 2.95. The number of amides is 1. The predicted octanol–water partition coefficient (Wildman–Crippen LogP) is 1.27. The molecule has 2 heterocycles. The number of hydrogen-bond donors (Lipinski definition) is 1. The van der Waals surface area contributed by atoms with Gasteiger partial charge in [-0.2, -0.15) is 0 Å². The Labute approximate surface area is 144 Å². The molecule has 0 aliphatic rings. The summed E-state index contributed by atoms with van der Waals surface area (Å²) in [7, 11) is 3.65. The number of nitrogens with zero attached hydrogens (tertiary/aromatic N) is 4. The Morgan fingerprint density at radius 1 is 1.28 bits per heavy atom. The van der Waals surface area contributed by atoms with Gasteiger partial charge in [0.2, 0.25) is 5.95 Å². The van der Waals surface area contributed by atoms with Crippen LogP contribution < -0.4 is 16.0 Å². The summed E-state index contributed by atoms with van der Waals surface area (Å²) in [4.78, 5) is 34.3. The van der Waals surface area contributed by atoms with Crippen molar-refractivity contribution < 1.29 is 9.21 Å². The van der Waals surface area contributed by atoms with Crippen molar-refractivity contribution in [1.82, 2.24) is 19.9 Å². The molecule has 0 saturated heterocycles. The van der Waals surface area contributed by atoms with Gasteiger partial charge in [0.1, 0.15) is 0 Å². The summed E-state index contributed by atoms with van der Waals surface area (Å²) in [5, 5.41) is 2.84. The number of carbonyl (C=O) groups is 1. The molecule has 0 aliphatic carbocycles. The lowest BCUT2D eigenvalue weighted by molar-refractivity contribution is 0.0935. The van der Waals surface area contributed by atoms with Crippen LogP contribution in [0.15, 0.2) is 45.9 Å². The first kappa shape index (κ1) is 16.7. The Morgan fingerprint density at radius 2 is 1.96 bits per heavy atom. The molecule has 1 aromatic carbocycles. The fourth-order valence-electron chi connectivity index (χ4n) is 2.48. The molecular weight excluding hydrogens is 322 g/mol. The third kappa shape index (κ3) is 3.52. The lowest BCUT2D eigenvalue weighted by Crippen LogP contribution is -2.37. The van der Waals surface area contributed by atoms with Crippen molar-refractivity contribution in [3.63, 3.8) is 0 Å². The van der Waals surface area contributed by atoms with Crippen molar-refractivity contribution >= 4 is 23.0 Å². The van der Waals surface area contributed by atoms with E-state index in [1.54, 1.807) is 17.0 Å². The van der Waals surface area contributed by atoms with E-state index in [1.807, 2.05) is 33.2 Å². The number of rotatable bonds is 5. The first-order chi connectivity index (χ1) is 12.0. The first-order valence-electron chi connectivity index (χ1n) is 7.84. The molecule has 3 rings (SSSR count). The van der Waals surface area contributed by atoms with E-state index in [2.05, 4.69) is 15.3 Å². The number of benzene rings is 1. The highest BCUT2D eigenvalue weighted by Crippen LogP contribution is 2.12. The number of anilines is 1. The predicted molar refractivity (Wildman–Crippen MR) is 93.8 cm³/mol. The van der Waals surface area contributed by atoms with Crippen LogP contribution in [0, 0.1) is 0 Å². The molecule has 8 heteroatoms. The standard InChI is InChI=1S/C17H19N5O3/c1-11(10-22-13-6-4-5-7-14(13)25-17(22)24)20-15(23)12-8-18-16(19-9-12)21(2)3/h4-9,11H,10H2,1-3H3,(H,20,23)/t11-/m1/s1. The minimum atomic E-state index is -0.444. The molecule has 0 fully saturated rings. The minimum Gasteiger partial charge on any atom is -0.408 e. The third-order valence-electron chi connectivity index (χ3n) is 3.71. The molecular formula is C17H19N5O3. The molecule has 0 aliphatic heterocycles. The van der Waals surface area contributed by atoms with Gasteiger partial charge in [0.25, 0.3) is 5.91 Å². The van der Waals surface area contributed by atoms with Crippen LogP contribution in [0.2, 0.25) is 0 Å². The van der Waals surface area contributed by atoms with E-state index >= 15 is 0 Å². The average molecular weight is 341 g/mol. The van der Waals surface area contributed by atoms with Crippen molar-refractivity contribution in [2.24, 2.45) is 0 Å². The Morgan fingerprint density at radius 3 is 2.64 bits per heavy atom. The summed E-state index contributed by atoms with van der Waals surface area (Å²) < 4.78 is 6.70. The van der Waals surface area contributed by atoms with Crippen LogP contribution in [0.1, 0.15) is 17.3 Å². The molecule has 3 aromatic rings. The molecule has 0 saturated carbocycles. The van der Waals surface area contributed by atoms with E-state index in [1.165, 1.54) is 17.0 Å². The van der Waals surface area contributed by atoms with Crippen molar-refractivity contribution in [2.45, 2.75) is 19.5 Å². The van der Waals surface area contributed by atoms with Gasteiger partial charge in [-0.1, -0.05) is 12.1 Å². The second-order valence-electron chi connectivity index (χ2n) is 5.99. The van der Waals surface area contributed by atoms with Gasteiger partial charge in [-0.25, -0.2) is 14.8 Å². The highest BCUT2D eigenvalue weighted by Gasteiger charge is 2.15. The van der Waals surface area contributed by atoms with Crippen LogP contribution in [0.25, 0.3) is 11.1 Å². The third-order valence-corrected chi connectivity index (χ3v) is 3.71. The highest BCUT2D eigenvalue weighted by molar-refractivity contribution is 5.93. The fourth-order valence-corrected chi connectivity index (χ4v) is 2.48. The average Bonchev–Trinajstić information content (AvgIpc) is 2.90. The van der Waals surface area contributed by atoms with Crippen molar-refractivity contribution in [2.75, 3.05) is 19.0 Å². The van der Waals surface area contributed by atoms with Gasteiger partial charge in [0.15, 0.2) is 5.58 Å². The Balaban J connectivity index is 1.71. The van der Waals surface area contributed by atoms with E-state index in [4.69, 9.17) is 4.42 Å². The SMILES string of the molecule is C[C@H](Cn1c(=O)oc2ccccc21)NC(=O)c1cnc(N(C)C)nc1. The van der Waals surface area contributed by atoms with Crippen LogP contribution in [0.3, 0.4) is 0 Å². The lowest BCUT2D eigenvalue weighted by Gasteiger charge is -2.14. The molecule has 0 radical (unpaired) electrons.